The molecule has 0 aliphatic carbocycles. The molecule has 0 unspecified atom stereocenters. The number of benzene rings is 1. The van der Waals surface area contributed by atoms with Gasteiger partial charge in [-0.1, -0.05) is 30.3 Å². The van der Waals surface area contributed by atoms with E-state index in [0.717, 1.165) is 28.3 Å². The summed E-state index contributed by atoms with van der Waals surface area (Å²) in [5.41, 5.74) is 6.40. The number of nitrogens with zero attached hydrogens (tertiary/aromatic N) is 2. The average Bonchev–Trinajstić information content (AvgIpc) is 2.95. The van der Waals surface area contributed by atoms with Gasteiger partial charge in [0.05, 0.1) is 17.4 Å². The van der Waals surface area contributed by atoms with Crippen molar-refractivity contribution < 1.29 is 9.47 Å². The highest BCUT2D eigenvalue weighted by atomic mass is 16.5. The van der Waals surface area contributed by atoms with Gasteiger partial charge in [-0.05, 0) is 25.5 Å². The maximum atomic E-state index is 5.86. The van der Waals surface area contributed by atoms with Gasteiger partial charge in [0.1, 0.15) is 12.2 Å². The van der Waals surface area contributed by atoms with Gasteiger partial charge in [0.2, 0.25) is 0 Å². The van der Waals surface area contributed by atoms with Gasteiger partial charge >= 0.3 is 0 Å². The lowest BCUT2D eigenvalue weighted by Gasteiger charge is -2.39. The Kier molecular flexibility index (Phi) is 3.98. The van der Waals surface area contributed by atoms with Crippen molar-refractivity contribution >= 4 is 11.3 Å². The van der Waals surface area contributed by atoms with Gasteiger partial charge < -0.3 is 19.2 Å². The largest absolute Gasteiger partial charge is 0.376 e. The molecule has 1 aliphatic rings. The molecule has 25 heavy (non-hydrogen) atoms. The van der Waals surface area contributed by atoms with Gasteiger partial charge in [-0.3, -0.25) is 0 Å². The van der Waals surface area contributed by atoms with Crippen molar-refractivity contribution in [2.24, 2.45) is 0 Å². The van der Waals surface area contributed by atoms with Crippen LogP contribution in [-0.4, -0.2) is 29.7 Å². The van der Waals surface area contributed by atoms with Crippen molar-refractivity contribution in [3.63, 3.8) is 0 Å². The number of aromatic nitrogens is 2. The monoisotopic (exact) mass is 337 g/mol. The SMILES string of the molecule is CO[C@@H]1[C@@H](c2ccccc2)Nc2c(ccn3c(C)c(C)nc23)[C@H]1OC. The Hall–Kier alpha value is -2.37. The number of pyridine rings is 1. The molecule has 1 N–H and O–H groups in total. The molecule has 3 atom stereocenters. The fraction of sp³-hybridized carbons (Fsp3) is 0.350. The van der Waals surface area contributed by atoms with Crippen LogP contribution < -0.4 is 5.32 Å². The third-order valence-electron chi connectivity index (χ3n) is 5.22. The van der Waals surface area contributed by atoms with Gasteiger partial charge in [-0.25, -0.2) is 4.98 Å². The predicted molar refractivity (Wildman–Crippen MR) is 98.0 cm³/mol. The van der Waals surface area contributed by atoms with E-state index in [9.17, 15) is 0 Å². The van der Waals surface area contributed by atoms with Crippen molar-refractivity contribution in [1.29, 1.82) is 0 Å². The Morgan fingerprint density at radius 1 is 1.04 bits per heavy atom. The summed E-state index contributed by atoms with van der Waals surface area (Å²) in [6, 6.07) is 12.4. The summed E-state index contributed by atoms with van der Waals surface area (Å²) < 4.78 is 13.8. The number of hydrogen-bond donors (Lipinski definition) is 1. The van der Waals surface area contributed by atoms with E-state index in [0.29, 0.717) is 0 Å². The van der Waals surface area contributed by atoms with Crippen molar-refractivity contribution in [2.75, 3.05) is 19.5 Å². The molecule has 5 heteroatoms. The molecule has 0 amide bonds. The first-order valence-corrected chi connectivity index (χ1v) is 8.51. The van der Waals surface area contributed by atoms with Crippen LogP contribution in [0.1, 0.15) is 34.7 Å². The summed E-state index contributed by atoms with van der Waals surface area (Å²) in [4.78, 5) is 4.78. The van der Waals surface area contributed by atoms with E-state index in [1.807, 2.05) is 25.1 Å². The van der Waals surface area contributed by atoms with Crippen LogP contribution in [0.3, 0.4) is 0 Å². The molecule has 0 saturated carbocycles. The van der Waals surface area contributed by atoms with Crippen LogP contribution >= 0.6 is 0 Å². The quantitative estimate of drug-likeness (QED) is 0.789. The molecule has 0 spiro atoms. The molecule has 0 fully saturated rings. The zero-order chi connectivity index (χ0) is 17.6. The van der Waals surface area contributed by atoms with Crippen molar-refractivity contribution in [3.05, 3.63) is 65.1 Å². The summed E-state index contributed by atoms with van der Waals surface area (Å²) in [6.45, 7) is 4.13. The Labute approximate surface area is 147 Å². The second kappa shape index (κ2) is 6.17. The number of aryl methyl sites for hydroxylation is 2. The van der Waals surface area contributed by atoms with Crippen LogP contribution in [0.4, 0.5) is 5.69 Å². The zero-order valence-corrected chi connectivity index (χ0v) is 15.0. The van der Waals surface area contributed by atoms with Crippen LogP contribution in [0.25, 0.3) is 5.65 Å². The maximum absolute atomic E-state index is 5.86. The first kappa shape index (κ1) is 16.1. The molecule has 5 nitrogen and oxygen atoms in total. The molecule has 4 rings (SSSR count). The highest BCUT2D eigenvalue weighted by molar-refractivity contribution is 5.75. The average molecular weight is 337 g/mol. The Bertz CT molecular complexity index is 904. The van der Waals surface area contributed by atoms with Gasteiger partial charge in [0, 0.05) is 31.7 Å². The van der Waals surface area contributed by atoms with Crippen LogP contribution in [0.15, 0.2) is 42.6 Å². The molecule has 1 aromatic carbocycles. The fourth-order valence-electron chi connectivity index (χ4n) is 3.78. The molecule has 3 heterocycles. The van der Waals surface area contributed by atoms with Crippen LogP contribution in [-0.2, 0) is 9.47 Å². The lowest BCUT2D eigenvalue weighted by molar-refractivity contribution is -0.0507. The number of rotatable bonds is 3. The molecular weight excluding hydrogens is 314 g/mol. The van der Waals surface area contributed by atoms with Crippen LogP contribution in [0.2, 0.25) is 0 Å². The Morgan fingerprint density at radius 3 is 2.48 bits per heavy atom. The first-order valence-electron chi connectivity index (χ1n) is 8.51. The van der Waals surface area contributed by atoms with E-state index in [2.05, 4.69) is 41.0 Å². The second-order valence-corrected chi connectivity index (χ2v) is 6.51. The fourth-order valence-corrected chi connectivity index (χ4v) is 3.78. The Morgan fingerprint density at radius 2 is 1.80 bits per heavy atom. The van der Waals surface area contributed by atoms with E-state index in [-0.39, 0.29) is 18.2 Å². The third kappa shape index (κ3) is 2.42. The summed E-state index contributed by atoms with van der Waals surface area (Å²) in [5.74, 6) is 0. The van der Waals surface area contributed by atoms with Gasteiger partial charge in [0.25, 0.3) is 0 Å². The minimum Gasteiger partial charge on any atom is -0.376 e. The lowest BCUT2D eigenvalue weighted by Crippen LogP contribution is -2.38. The number of ether oxygens (including phenoxy) is 2. The van der Waals surface area contributed by atoms with Gasteiger partial charge in [0.15, 0.2) is 5.65 Å². The number of fused-ring (bicyclic) bond motifs is 3. The lowest BCUT2D eigenvalue weighted by atomic mass is 9.88. The molecular formula is C20H23N3O2. The van der Waals surface area contributed by atoms with Gasteiger partial charge in [-0.2, -0.15) is 0 Å². The minimum atomic E-state index is -0.159. The summed E-state index contributed by atoms with van der Waals surface area (Å²) in [6.07, 6.45) is 1.78. The van der Waals surface area contributed by atoms with E-state index < -0.39 is 0 Å². The number of imidazole rings is 1. The number of nitrogens with one attached hydrogen (secondary N) is 1. The minimum absolute atomic E-state index is 0.00726. The first-order chi connectivity index (χ1) is 12.2. The van der Waals surface area contributed by atoms with Crippen molar-refractivity contribution in [2.45, 2.75) is 32.1 Å². The number of hydrogen-bond acceptors (Lipinski definition) is 4. The number of anilines is 1. The molecule has 130 valence electrons. The standard InChI is InChI=1S/C20H23N3O2/c1-12-13(2)23-11-10-15-17(20(23)21-12)22-16(14-8-6-5-7-9-14)19(25-4)18(15)24-3/h5-11,16,18-19,22H,1-4H3/t16-,18-,19-/m1/s1. The molecule has 1 aliphatic heterocycles. The van der Waals surface area contributed by atoms with Crippen LogP contribution in [0, 0.1) is 13.8 Å². The summed E-state index contributed by atoms with van der Waals surface area (Å²) in [5, 5.41) is 3.67. The molecule has 0 radical (unpaired) electrons. The summed E-state index contributed by atoms with van der Waals surface area (Å²) >= 11 is 0. The van der Waals surface area contributed by atoms with Gasteiger partial charge in [-0.15, -0.1) is 0 Å². The van der Waals surface area contributed by atoms with Crippen LogP contribution in [0.5, 0.6) is 0 Å². The number of methoxy groups -OCH3 is 2. The maximum Gasteiger partial charge on any atom is 0.161 e. The van der Waals surface area contributed by atoms with E-state index in [4.69, 9.17) is 14.5 Å². The van der Waals surface area contributed by atoms with E-state index >= 15 is 0 Å². The highest BCUT2D eigenvalue weighted by Gasteiger charge is 2.39. The smallest absolute Gasteiger partial charge is 0.161 e. The highest BCUT2D eigenvalue weighted by Crippen LogP contribution is 2.43. The van der Waals surface area contributed by atoms with Crippen molar-refractivity contribution in [1.82, 2.24) is 9.38 Å². The van der Waals surface area contributed by atoms with E-state index in [1.54, 1.807) is 14.2 Å². The third-order valence-corrected chi connectivity index (χ3v) is 5.22. The van der Waals surface area contributed by atoms with Crippen molar-refractivity contribution in [3.8, 4) is 0 Å². The normalized spacial score (nSPS) is 22.6. The Balaban J connectivity index is 1.92. The topological polar surface area (TPSA) is 47.8 Å². The predicted octanol–water partition coefficient (Wildman–Crippen LogP) is 3.82. The molecule has 0 bridgehead atoms. The summed E-state index contributed by atoms with van der Waals surface area (Å²) in [7, 11) is 3.47. The molecule has 2 aromatic heterocycles. The molecule has 3 aromatic rings. The second-order valence-electron chi connectivity index (χ2n) is 6.51. The zero-order valence-electron chi connectivity index (χ0n) is 15.0. The molecule has 0 saturated heterocycles. The van der Waals surface area contributed by atoms with E-state index in [1.165, 1.54) is 5.56 Å².